The Morgan fingerprint density at radius 3 is 2.71 bits per heavy atom. The van der Waals surface area contributed by atoms with Crippen LogP contribution in [0.2, 0.25) is 0 Å². The Morgan fingerprint density at radius 1 is 1.04 bits per heavy atom. The Morgan fingerprint density at radius 2 is 1.93 bits per heavy atom. The number of pyridine rings is 1. The number of anilines is 2. The molecule has 0 saturated carbocycles. The lowest BCUT2D eigenvalue weighted by atomic mass is 10.2. The minimum Gasteiger partial charge on any atom is -0.379 e. The normalized spacial score (nSPS) is 14.8. The first kappa shape index (κ1) is 18.5. The molecule has 1 aliphatic rings. The number of ether oxygens (including phenoxy) is 1. The number of aromatic nitrogens is 3. The van der Waals surface area contributed by atoms with Crippen LogP contribution in [0.3, 0.4) is 0 Å². The van der Waals surface area contributed by atoms with Gasteiger partial charge in [-0.15, -0.1) is 0 Å². The third kappa shape index (κ3) is 4.71. The molecule has 28 heavy (non-hydrogen) atoms. The van der Waals surface area contributed by atoms with Crippen molar-refractivity contribution < 1.29 is 4.74 Å². The van der Waals surface area contributed by atoms with Gasteiger partial charge in [-0.3, -0.25) is 9.88 Å². The first-order valence-electron chi connectivity index (χ1n) is 9.75. The lowest BCUT2D eigenvalue weighted by molar-refractivity contribution is 0.0342. The highest BCUT2D eigenvalue weighted by Gasteiger charge is 2.11. The van der Waals surface area contributed by atoms with E-state index in [9.17, 15) is 0 Å². The van der Waals surface area contributed by atoms with E-state index in [-0.39, 0.29) is 0 Å². The van der Waals surface area contributed by atoms with Gasteiger partial charge in [-0.05, 0) is 36.2 Å². The predicted octanol–water partition coefficient (Wildman–Crippen LogP) is 3.68. The number of hydrogen-bond donors (Lipinski definition) is 1. The fourth-order valence-corrected chi connectivity index (χ4v) is 3.27. The summed E-state index contributed by atoms with van der Waals surface area (Å²) in [6.45, 7) is 6.62. The lowest BCUT2D eigenvalue weighted by Crippen LogP contribution is -2.35. The first-order chi connectivity index (χ1) is 13.8. The zero-order valence-corrected chi connectivity index (χ0v) is 16.1. The highest BCUT2D eigenvalue weighted by molar-refractivity contribution is 5.60. The van der Waals surface area contributed by atoms with Gasteiger partial charge in [0.25, 0.3) is 0 Å². The molecule has 1 fully saturated rings. The Kier molecular flexibility index (Phi) is 5.89. The maximum Gasteiger partial charge on any atom is 0.180 e. The van der Waals surface area contributed by atoms with Crippen molar-refractivity contribution >= 4 is 11.5 Å². The molecule has 3 heterocycles. The van der Waals surface area contributed by atoms with Crippen molar-refractivity contribution in [1.29, 1.82) is 0 Å². The van der Waals surface area contributed by atoms with Crippen LogP contribution in [0.5, 0.6) is 0 Å². The van der Waals surface area contributed by atoms with Crippen molar-refractivity contribution in [2.75, 3.05) is 31.6 Å². The van der Waals surface area contributed by atoms with E-state index in [1.165, 1.54) is 5.56 Å². The van der Waals surface area contributed by atoms with Crippen molar-refractivity contribution in [2.24, 2.45) is 0 Å². The summed E-state index contributed by atoms with van der Waals surface area (Å²) >= 11 is 0. The van der Waals surface area contributed by atoms with E-state index in [0.29, 0.717) is 5.82 Å². The van der Waals surface area contributed by atoms with Gasteiger partial charge < -0.3 is 10.1 Å². The van der Waals surface area contributed by atoms with Gasteiger partial charge in [0.2, 0.25) is 0 Å². The molecule has 1 N–H and O–H groups in total. The van der Waals surface area contributed by atoms with Crippen LogP contribution in [0.25, 0.3) is 11.5 Å². The van der Waals surface area contributed by atoms with Crippen LogP contribution in [-0.2, 0) is 17.7 Å². The number of benzene rings is 1. The molecule has 0 radical (unpaired) electrons. The molecular weight excluding hydrogens is 350 g/mol. The number of rotatable bonds is 6. The topological polar surface area (TPSA) is 63.2 Å². The third-order valence-corrected chi connectivity index (χ3v) is 4.74. The van der Waals surface area contributed by atoms with Crippen LogP contribution < -0.4 is 5.32 Å². The second-order valence-electron chi connectivity index (χ2n) is 6.85. The van der Waals surface area contributed by atoms with Gasteiger partial charge in [0.1, 0.15) is 11.5 Å². The van der Waals surface area contributed by atoms with E-state index in [2.05, 4.69) is 56.4 Å². The van der Waals surface area contributed by atoms with Gasteiger partial charge in [0.05, 0.1) is 13.2 Å². The van der Waals surface area contributed by atoms with Crippen LogP contribution in [0, 0.1) is 0 Å². The molecule has 0 atom stereocenters. The van der Waals surface area contributed by atoms with Crippen molar-refractivity contribution in [3.63, 3.8) is 0 Å². The summed E-state index contributed by atoms with van der Waals surface area (Å²) in [4.78, 5) is 16.1. The summed E-state index contributed by atoms with van der Waals surface area (Å²) in [7, 11) is 0. The number of morpholine rings is 1. The highest BCUT2D eigenvalue weighted by Crippen LogP contribution is 2.21. The van der Waals surface area contributed by atoms with Crippen LogP contribution in [0.15, 0.2) is 54.7 Å². The van der Waals surface area contributed by atoms with Gasteiger partial charge in [-0.25, -0.2) is 9.97 Å². The van der Waals surface area contributed by atoms with E-state index < -0.39 is 0 Å². The lowest BCUT2D eigenvalue weighted by Gasteiger charge is -2.26. The second kappa shape index (κ2) is 8.91. The molecule has 1 saturated heterocycles. The van der Waals surface area contributed by atoms with Crippen molar-refractivity contribution in [2.45, 2.75) is 19.9 Å². The summed E-state index contributed by atoms with van der Waals surface area (Å²) in [5.74, 6) is 1.43. The van der Waals surface area contributed by atoms with Gasteiger partial charge >= 0.3 is 0 Å². The molecule has 0 aliphatic carbocycles. The maximum atomic E-state index is 5.44. The summed E-state index contributed by atoms with van der Waals surface area (Å²) in [6, 6.07) is 16.3. The molecule has 144 valence electrons. The third-order valence-electron chi connectivity index (χ3n) is 4.74. The van der Waals surface area contributed by atoms with Crippen molar-refractivity contribution in [1.82, 2.24) is 19.9 Å². The fraction of sp³-hybridized carbons (Fsp3) is 0.318. The van der Waals surface area contributed by atoms with Gasteiger partial charge in [0.15, 0.2) is 5.82 Å². The van der Waals surface area contributed by atoms with Crippen LogP contribution in [0.1, 0.15) is 18.2 Å². The smallest absolute Gasteiger partial charge is 0.180 e. The Hall–Kier alpha value is -2.83. The molecule has 0 unspecified atom stereocenters. The SMILES string of the molecule is CCc1cc(Nc2cccc(CN3CCOCC3)c2)nc(-c2ccccn2)n1. The van der Waals surface area contributed by atoms with E-state index in [4.69, 9.17) is 4.74 Å². The minimum absolute atomic E-state index is 0.645. The van der Waals surface area contributed by atoms with E-state index >= 15 is 0 Å². The molecule has 0 bridgehead atoms. The molecule has 0 spiro atoms. The summed E-state index contributed by atoms with van der Waals surface area (Å²) in [6.07, 6.45) is 2.60. The average Bonchev–Trinajstić information content (AvgIpc) is 2.75. The summed E-state index contributed by atoms with van der Waals surface area (Å²) in [5.41, 5.74) is 4.07. The Balaban J connectivity index is 1.54. The number of aryl methyl sites for hydroxylation is 1. The monoisotopic (exact) mass is 375 g/mol. The largest absolute Gasteiger partial charge is 0.379 e. The zero-order chi connectivity index (χ0) is 19.2. The van der Waals surface area contributed by atoms with Gasteiger partial charge in [-0.2, -0.15) is 0 Å². The molecule has 0 amide bonds. The molecule has 6 nitrogen and oxygen atoms in total. The molecule has 1 aliphatic heterocycles. The first-order valence-corrected chi connectivity index (χ1v) is 9.75. The number of nitrogens with zero attached hydrogens (tertiary/aromatic N) is 4. The van der Waals surface area contributed by atoms with Gasteiger partial charge in [0, 0.05) is 43.3 Å². The van der Waals surface area contributed by atoms with Crippen molar-refractivity contribution in [3.8, 4) is 11.5 Å². The van der Waals surface area contributed by atoms with Crippen LogP contribution >= 0.6 is 0 Å². The molecule has 2 aromatic heterocycles. The summed E-state index contributed by atoms with van der Waals surface area (Å²) in [5, 5.41) is 3.44. The Labute approximate surface area is 165 Å². The Bertz CT molecular complexity index is 910. The van der Waals surface area contributed by atoms with E-state index in [0.717, 1.165) is 62.2 Å². The zero-order valence-electron chi connectivity index (χ0n) is 16.1. The van der Waals surface area contributed by atoms with E-state index in [1.54, 1.807) is 6.20 Å². The minimum atomic E-state index is 0.645. The van der Waals surface area contributed by atoms with Gasteiger partial charge in [-0.1, -0.05) is 25.1 Å². The molecule has 1 aromatic carbocycles. The number of hydrogen-bond acceptors (Lipinski definition) is 6. The standard InChI is InChI=1S/C22H25N5O/c1-2-18-15-21(26-22(25-18)20-8-3-4-9-23-20)24-19-7-5-6-17(14-19)16-27-10-12-28-13-11-27/h3-9,14-15H,2,10-13,16H2,1H3,(H,24,25,26). The highest BCUT2D eigenvalue weighted by atomic mass is 16.5. The quantitative estimate of drug-likeness (QED) is 0.709. The summed E-state index contributed by atoms with van der Waals surface area (Å²) < 4.78 is 5.44. The van der Waals surface area contributed by atoms with Crippen LogP contribution in [0.4, 0.5) is 11.5 Å². The van der Waals surface area contributed by atoms with E-state index in [1.807, 2.05) is 24.3 Å². The van der Waals surface area contributed by atoms with Crippen molar-refractivity contribution in [3.05, 3.63) is 66.0 Å². The van der Waals surface area contributed by atoms with Crippen LogP contribution in [-0.4, -0.2) is 46.2 Å². The predicted molar refractivity (Wildman–Crippen MR) is 110 cm³/mol. The molecule has 6 heteroatoms. The molecular formula is C22H25N5O. The second-order valence-corrected chi connectivity index (χ2v) is 6.85. The fourth-order valence-electron chi connectivity index (χ4n) is 3.27. The number of nitrogens with one attached hydrogen (secondary N) is 1. The molecule has 4 rings (SSSR count). The molecule has 3 aromatic rings. The maximum absolute atomic E-state index is 5.44. The average molecular weight is 375 g/mol.